The molecule has 1 aliphatic rings. The predicted molar refractivity (Wildman–Crippen MR) is 74.5 cm³/mol. The molecule has 2 aromatic carbocycles. The Kier molecular flexibility index (Phi) is 3.13. The fourth-order valence-electron chi connectivity index (χ4n) is 2.53. The molecule has 0 aromatic heterocycles. The molecular weight excluding hydrogens is 238 g/mol. The zero-order valence-electron chi connectivity index (χ0n) is 10.9. The van der Waals surface area contributed by atoms with Gasteiger partial charge in [0.05, 0.1) is 13.2 Å². The summed E-state index contributed by atoms with van der Waals surface area (Å²) in [5.41, 5.74) is 8.73. The summed E-state index contributed by atoms with van der Waals surface area (Å²) in [6, 6.07) is 15.8. The number of hydrogen-bond donors (Lipinski definition) is 1. The molecule has 19 heavy (non-hydrogen) atoms. The summed E-state index contributed by atoms with van der Waals surface area (Å²) >= 11 is 0. The summed E-state index contributed by atoms with van der Waals surface area (Å²) in [7, 11) is 1.65. The van der Waals surface area contributed by atoms with Crippen molar-refractivity contribution in [3.8, 4) is 11.5 Å². The number of benzene rings is 2. The van der Waals surface area contributed by atoms with Gasteiger partial charge >= 0.3 is 0 Å². The van der Waals surface area contributed by atoms with Crippen LogP contribution in [0.25, 0.3) is 0 Å². The van der Waals surface area contributed by atoms with Crippen molar-refractivity contribution < 1.29 is 9.47 Å². The van der Waals surface area contributed by atoms with Crippen molar-refractivity contribution in [2.45, 2.75) is 18.6 Å². The van der Waals surface area contributed by atoms with Crippen LogP contribution < -0.4 is 15.2 Å². The standard InChI is InChI=1S/C16H17NO2/c1-18-12-6-8-13(9-7-12)19-15-10-11-4-2-3-5-14(11)16(15)17/h2-9,15-16H,10,17H2,1H3. The molecule has 0 spiro atoms. The number of methoxy groups -OCH3 is 1. The summed E-state index contributed by atoms with van der Waals surface area (Å²) in [6.07, 6.45) is 0.870. The summed E-state index contributed by atoms with van der Waals surface area (Å²) < 4.78 is 11.1. The third-order valence-corrected chi connectivity index (χ3v) is 3.58. The van der Waals surface area contributed by atoms with Gasteiger partial charge in [0, 0.05) is 6.42 Å². The maximum absolute atomic E-state index is 6.24. The molecule has 3 heteroatoms. The van der Waals surface area contributed by atoms with Gasteiger partial charge in [-0.15, -0.1) is 0 Å². The van der Waals surface area contributed by atoms with Crippen molar-refractivity contribution in [1.82, 2.24) is 0 Å². The van der Waals surface area contributed by atoms with Gasteiger partial charge in [0.25, 0.3) is 0 Å². The van der Waals surface area contributed by atoms with Gasteiger partial charge in [-0.05, 0) is 35.4 Å². The van der Waals surface area contributed by atoms with Crippen LogP contribution >= 0.6 is 0 Å². The highest BCUT2D eigenvalue weighted by atomic mass is 16.5. The minimum absolute atomic E-state index is 0.00537. The lowest BCUT2D eigenvalue weighted by atomic mass is 10.1. The van der Waals surface area contributed by atoms with Crippen LogP contribution in [0.15, 0.2) is 48.5 Å². The Hall–Kier alpha value is -2.00. The van der Waals surface area contributed by atoms with Crippen molar-refractivity contribution in [3.63, 3.8) is 0 Å². The van der Waals surface area contributed by atoms with Gasteiger partial charge in [0.15, 0.2) is 0 Å². The minimum Gasteiger partial charge on any atom is -0.497 e. The molecule has 2 aromatic rings. The van der Waals surface area contributed by atoms with Gasteiger partial charge in [-0.3, -0.25) is 0 Å². The Labute approximate surface area is 113 Å². The van der Waals surface area contributed by atoms with E-state index < -0.39 is 0 Å². The van der Waals surface area contributed by atoms with Crippen molar-refractivity contribution >= 4 is 0 Å². The maximum atomic E-state index is 6.24. The maximum Gasteiger partial charge on any atom is 0.122 e. The lowest BCUT2D eigenvalue weighted by Gasteiger charge is -2.18. The van der Waals surface area contributed by atoms with Crippen LogP contribution in [-0.4, -0.2) is 13.2 Å². The van der Waals surface area contributed by atoms with E-state index in [0.717, 1.165) is 17.9 Å². The first-order valence-corrected chi connectivity index (χ1v) is 6.42. The molecule has 0 bridgehead atoms. The fourth-order valence-corrected chi connectivity index (χ4v) is 2.53. The number of ether oxygens (including phenoxy) is 2. The quantitative estimate of drug-likeness (QED) is 0.917. The van der Waals surface area contributed by atoms with Gasteiger partial charge in [-0.2, -0.15) is 0 Å². The molecule has 0 saturated carbocycles. The van der Waals surface area contributed by atoms with Gasteiger partial charge in [-0.1, -0.05) is 24.3 Å². The van der Waals surface area contributed by atoms with Gasteiger partial charge in [-0.25, -0.2) is 0 Å². The zero-order chi connectivity index (χ0) is 13.2. The molecule has 0 radical (unpaired) electrons. The third kappa shape index (κ3) is 2.29. The second-order valence-electron chi connectivity index (χ2n) is 4.76. The number of hydrogen-bond acceptors (Lipinski definition) is 3. The lowest BCUT2D eigenvalue weighted by Crippen LogP contribution is -2.27. The van der Waals surface area contributed by atoms with E-state index in [-0.39, 0.29) is 12.1 Å². The van der Waals surface area contributed by atoms with Crippen molar-refractivity contribution in [2.24, 2.45) is 5.73 Å². The Bertz CT molecular complexity index is 565. The van der Waals surface area contributed by atoms with E-state index in [2.05, 4.69) is 12.1 Å². The Balaban J connectivity index is 1.75. The van der Waals surface area contributed by atoms with E-state index in [9.17, 15) is 0 Å². The smallest absolute Gasteiger partial charge is 0.122 e. The molecule has 3 nitrogen and oxygen atoms in total. The molecule has 0 saturated heterocycles. The molecule has 3 rings (SSSR count). The Morgan fingerprint density at radius 2 is 1.68 bits per heavy atom. The predicted octanol–water partition coefficient (Wildman–Crippen LogP) is 2.70. The average molecular weight is 255 g/mol. The topological polar surface area (TPSA) is 44.5 Å². The van der Waals surface area contributed by atoms with Crippen molar-refractivity contribution in [2.75, 3.05) is 7.11 Å². The van der Waals surface area contributed by atoms with E-state index in [1.165, 1.54) is 11.1 Å². The van der Waals surface area contributed by atoms with Crippen molar-refractivity contribution in [3.05, 3.63) is 59.7 Å². The van der Waals surface area contributed by atoms with E-state index in [1.54, 1.807) is 7.11 Å². The van der Waals surface area contributed by atoms with Gasteiger partial charge in [0.2, 0.25) is 0 Å². The third-order valence-electron chi connectivity index (χ3n) is 3.58. The first-order valence-electron chi connectivity index (χ1n) is 6.42. The molecule has 1 aliphatic carbocycles. The van der Waals surface area contributed by atoms with E-state index >= 15 is 0 Å². The minimum atomic E-state index is -0.0571. The van der Waals surface area contributed by atoms with Gasteiger partial charge < -0.3 is 15.2 Å². The van der Waals surface area contributed by atoms with Crippen LogP contribution in [0.4, 0.5) is 0 Å². The SMILES string of the molecule is COc1ccc(OC2Cc3ccccc3C2N)cc1. The van der Waals surface area contributed by atoms with E-state index in [4.69, 9.17) is 15.2 Å². The second-order valence-corrected chi connectivity index (χ2v) is 4.76. The number of nitrogens with two attached hydrogens (primary N) is 1. The van der Waals surface area contributed by atoms with Crippen LogP contribution in [0.2, 0.25) is 0 Å². The highest BCUT2D eigenvalue weighted by molar-refractivity contribution is 5.37. The normalized spacial score (nSPS) is 20.9. The number of rotatable bonds is 3. The van der Waals surface area contributed by atoms with Crippen LogP contribution in [0.3, 0.4) is 0 Å². The van der Waals surface area contributed by atoms with Crippen LogP contribution in [-0.2, 0) is 6.42 Å². The van der Waals surface area contributed by atoms with Crippen LogP contribution in [0.5, 0.6) is 11.5 Å². The summed E-state index contributed by atoms with van der Waals surface area (Å²) in [6.45, 7) is 0. The highest BCUT2D eigenvalue weighted by Crippen LogP contribution is 2.32. The van der Waals surface area contributed by atoms with Crippen LogP contribution in [0, 0.1) is 0 Å². The van der Waals surface area contributed by atoms with E-state index in [1.807, 2.05) is 36.4 Å². The molecule has 2 N–H and O–H groups in total. The Morgan fingerprint density at radius 1 is 1.00 bits per heavy atom. The van der Waals surface area contributed by atoms with Crippen LogP contribution in [0.1, 0.15) is 17.2 Å². The fraction of sp³-hybridized carbons (Fsp3) is 0.250. The monoisotopic (exact) mass is 255 g/mol. The molecule has 0 aliphatic heterocycles. The van der Waals surface area contributed by atoms with Crippen molar-refractivity contribution in [1.29, 1.82) is 0 Å². The molecule has 0 fully saturated rings. The van der Waals surface area contributed by atoms with Gasteiger partial charge in [0.1, 0.15) is 17.6 Å². The Morgan fingerprint density at radius 3 is 2.37 bits per heavy atom. The second kappa shape index (κ2) is 4.94. The molecular formula is C16H17NO2. The summed E-state index contributed by atoms with van der Waals surface area (Å²) in [5, 5.41) is 0. The molecule has 98 valence electrons. The van der Waals surface area contributed by atoms with E-state index in [0.29, 0.717) is 0 Å². The lowest BCUT2D eigenvalue weighted by molar-refractivity contribution is 0.185. The first-order chi connectivity index (χ1) is 9.28. The molecule has 0 heterocycles. The average Bonchev–Trinajstić information content (AvgIpc) is 2.77. The molecule has 0 amide bonds. The summed E-state index contributed by atoms with van der Waals surface area (Å²) in [5.74, 6) is 1.65. The highest BCUT2D eigenvalue weighted by Gasteiger charge is 2.30. The first kappa shape index (κ1) is 12.1. The number of fused-ring (bicyclic) bond motifs is 1. The molecule has 2 unspecified atom stereocenters. The largest absolute Gasteiger partial charge is 0.497 e. The summed E-state index contributed by atoms with van der Waals surface area (Å²) in [4.78, 5) is 0. The zero-order valence-corrected chi connectivity index (χ0v) is 10.9. The molecule has 2 atom stereocenters.